The van der Waals surface area contributed by atoms with Crippen molar-refractivity contribution in [1.29, 1.82) is 0 Å². The predicted molar refractivity (Wildman–Crippen MR) is 62.0 cm³/mol. The topological polar surface area (TPSA) is 80.9 Å². The summed E-state index contributed by atoms with van der Waals surface area (Å²) in [6.07, 6.45) is 2.05. The molecule has 0 saturated heterocycles. The summed E-state index contributed by atoms with van der Waals surface area (Å²) in [5, 5.41) is 11.1. The lowest BCUT2D eigenvalue weighted by Crippen LogP contribution is -2.16. The van der Waals surface area contributed by atoms with E-state index in [2.05, 4.69) is 22.4 Å². The molecule has 1 rings (SSSR count). The van der Waals surface area contributed by atoms with Crippen LogP contribution < -0.4 is 11.1 Å². The highest BCUT2D eigenvalue weighted by molar-refractivity contribution is 7.99. The predicted octanol–water partition coefficient (Wildman–Crippen LogP) is 0.739. The zero-order valence-electron chi connectivity index (χ0n) is 8.73. The molecule has 5 nitrogen and oxygen atoms in total. The van der Waals surface area contributed by atoms with Gasteiger partial charge < -0.3 is 11.1 Å². The van der Waals surface area contributed by atoms with Crippen molar-refractivity contribution >= 4 is 23.5 Å². The highest BCUT2D eigenvalue weighted by Crippen LogP contribution is 2.07. The second-order valence-corrected chi connectivity index (χ2v) is 4.37. The maximum absolute atomic E-state index is 10.7. The van der Waals surface area contributed by atoms with E-state index in [1.54, 1.807) is 23.9 Å². The normalized spacial score (nSPS) is 12.1. The van der Waals surface area contributed by atoms with Crippen molar-refractivity contribution in [2.75, 3.05) is 18.1 Å². The lowest BCUT2D eigenvalue weighted by atomic mass is 10.3. The fraction of sp³-hybridized carbons (Fsp3) is 0.444. The Balaban J connectivity index is 2.53. The molecule has 1 heterocycles. The first-order valence-electron chi connectivity index (χ1n) is 4.53. The van der Waals surface area contributed by atoms with Crippen LogP contribution in [0.15, 0.2) is 12.1 Å². The summed E-state index contributed by atoms with van der Waals surface area (Å²) in [4.78, 5) is 10.7. The molecule has 6 heteroatoms. The molecule has 0 aromatic carbocycles. The molecule has 0 saturated carbocycles. The van der Waals surface area contributed by atoms with Gasteiger partial charge in [-0.1, -0.05) is 6.92 Å². The van der Waals surface area contributed by atoms with Gasteiger partial charge >= 0.3 is 0 Å². The average Bonchev–Trinajstić information content (AvgIpc) is 2.26. The minimum absolute atomic E-state index is 0.179. The summed E-state index contributed by atoms with van der Waals surface area (Å²) in [6, 6.07) is 3.25. The highest BCUT2D eigenvalue weighted by atomic mass is 32.2. The van der Waals surface area contributed by atoms with E-state index >= 15 is 0 Å². The molecule has 0 bridgehead atoms. The quantitative estimate of drug-likeness (QED) is 0.774. The number of hydrogen-bond donors (Lipinski definition) is 2. The van der Waals surface area contributed by atoms with Crippen LogP contribution in [0.5, 0.6) is 0 Å². The van der Waals surface area contributed by atoms with Gasteiger partial charge in [0.1, 0.15) is 5.82 Å². The SMILES string of the molecule is CSC(C)CNc1ccc(C(N)=O)nn1. The van der Waals surface area contributed by atoms with E-state index in [4.69, 9.17) is 5.73 Å². The number of nitrogens with zero attached hydrogens (tertiary/aromatic N) is 2. The molecule has 1 unspecified atom stereocenters. The van der Waals surface area contributed by atoms with E-state index < -0.39 is 5.91 Å². The van der Waals surface area contributed by atoms with Crippen molar-refractivity contribution in [3.8, 4) is 0 Å². The molecule has 0 fully saturated rings. The van der Waals surface area contributed by atoms with Crippen LogP contribution in [-0.2, 0) is 0 Å². The zero-order valence-corrected chi connectivity index (χ0v) is 9.54. The van der Waals surface area contributed by atoms with Crippen LogP contribution in [0.1, 0.15) is 17.4 Å². The van der Waals surface area contributed by atoms with Gasteiger partial charge in [0.25, 0.3) is 5.91 Å². The Labute approximate surface area is 92.8 Å². The van der Waals surface area contributed by atoms with E-state index in [-0.39, 0.29) is 5.69 Å². The van der Waals surface area contributed by atoms with Gasteiger partial charge in [-0.05, 0) is 18.4 Å². The van der Waals surface area contributed by atoms with Crippen molar-refractivity contribution in [2.24, 2.45) is 5.73 Å². The first-order valence-corrected chi connectivity index (χ1v) is 5.82. The third-order valence-corrected chi connectivity index (χ3v) is 2.86. The number of aromatic nitrogens is 2. The van der Waals surface area contributed by atoms with Crippen LogP contribution in [0.2, 0.25) is 0 Å². The number of primary amides is 1. The van der Waals surface area contributed by atoms with Crippen LogP contribution in [-0.4, -0.2) is 34.2 Å². The molecule has 0 radical (unpaired) electrons. The molecule has 0 aliphatic rings. The van der Waals surface area contributed by atoms with Gasteiger partial charge in [-0.15, -0.1) is 10.2 Å². The van der Waals surface area contributed by atoms with Gasteiger partial charge in [0.2, 0.25) is 0 Å². The van der Waals surface area contributed by atoms with E-state index in [0.29, 0.717) is 11.1 Å². The summed E-state index contributed by atoms with van der Waals surface area (Å²) in [5.41, 5.74) is 5.22. The molecule has 1 aromatic rings. The second kappa shape index (κ2) is 5.55. The molecule has 1 atom stereocenters. The second-order valence-electron chi connectivity index (χ2n) is 3.10. The van der Waals surface area contributed by atoms with Crippen molar-refractivity contribution in [2.45, 2.75) is 12.2 Å². The Kier molecular flexibility index (Phi) is 4.36. The lowest BCUT2D eigenvalue weighted by Gasteiger charge is -2.09. The first-order chi connectivity index (χ1) is 7.13. The summed E-state index contributed by atoms with van der Waals surface area (Å²) in [7, 11) is 0. The number of hydrogen-bond acceptors (Lipinski definition) is 5. The van der Waals surface area contributed by atoms with Crippen molar-refractivity contribution < 1.29 is 4.79 Å². The van der Waals surface area contributed by atoms with Gasteiger partial charge in [-0.25, -0.2) is 0 Å². The summed E-state index contributed by atoms with van der Waals surface area (Å²) in [6.45, 7) is 2.93. The molecule has 1 aromatic heterocycles. The van der Waals surface area contributed by atoms with Crippen LogP contribution in [0.3, 0.4) is 0 Å². The van der Waals surface area contributed by atoms with Gasteiger partial charge in [0.15, 0.2) is 5.69 Å². The van der Waals surface area contributed by atoms with Crippen molar-refractivity contribution in [3.05, 3.63) is 17.8 Å². The number of thioether (sulfide) groups is 1. The maximum atomic E-state index is 10.7. The first kappa shape index (κ1) is 11.8. The summed E-state index contributed by atoms with van der Waals surface area (Å²) >= 11 is 1.77. The molecule has 0 aliphatic heterocycles. The standard InChI is InChI=1S/C9H14N4OS/c1-6(15-2)5-11-8-4-3-7(9(10)14)12-13-8/h3-4,6H,5H2,1-2H3,(H2,10,14)(H,11,13). The number of amides is 1. The van der Waals surface area contributed by atoms with Gasteiger partial charge in [0.05, 0.1) is 0 Å². The maximum Gasteiger partial charge on any atom is 0.269 e. The number of nitrogens with two attached hydrogens (primary N) is 1. The van der Waals surface area contributed by atoms with Crippen molar-refractivity contribution in [1.82, 2.24) is 10.2 Å². The van der Waals surface area contributed by atoms with Crippen molar-refractivity contribution in [3.63, 3.8) is 0 Å². The van der Waals surface area contributed by atoms with E-state index in [1.165, 1.54) is 0 Å². The number of carbonyl (C=O) groups is 1. The Morgan fingerprint density at radius 3 is 2.80 bits per heavy atom. The average molecular weight is 226 g/mol. The Bertz CT molecular complexity index is 327. The zero-order chi connectivity index (χ0) is 11.3. The number of nitrogens with one attached hydrogen (secondary N) is 1. The van der Waals surface area contributed by atoms with Gasteiger partial charge in [-0.3, -0.25) is 4.79 Å². The highest BCUT2D eigenvalue weighted by Gasteiger charge is 2.03. The smallest absolute Gasteiger partial charge is 0.269 e. The lowest BCUT2D eigenvalue weighted by molar-refractivity contribution is 0.0994. The Morgan fingerprint density at radius 1 is 1.60 bits per heavy atom. The molecule has 1 amide bonds. The van der Waals surface area contributed by atoms with E-state index in [0.717, 1.165) is 6.54 Å². The Morgan fingerprint density at radius 2 is 2.33 bits per heavy atom. The summed E-state index contributed by atoms with van der Waals surface area (Å²) in [5.74, 6) is 0.0902. The van der Waals surface area contributed by atoms with Gasteiger partial charge in [0, 0.05) is 11.8 Å². The van der Waals surface area contributed by atoms with Crippen LogP contribution in [0.4, 0.5) is 5.82 Å². The number of anilines is 1. The monoisotopic (exact) mass is 226 g/mol. The van der Waals surface area contributed by atoms with E-state index in [9.17, 15) is 4.79 Å². The van der Waals surface area contributed by atoms with Crippen LogP contribution in [0, 0.1) is 0 Å². The van der Waals surface area contributed by atoms with Crippen LogP contribution >= 0.6 is 11.8 Å². The fourth-order valence-corrected chi connectivity index (χ4v) is 1.14. The fourth-order valence-electron chi connectivity index (χ4n) is 0.890. The molecule has 0 spiro atoms. The summed E-state index contributed by atoms with van der Waals surface area (Å²) < 4.78 is 0. The number of rotatable bonds is 5. The van der Waals surface area contributed by atoms with Crippen LogP contribution in [0.25, 0.3) is 0 Å². The molecular weight excluding hydrogens is 212 g/mol. The third kappa shape index (κ3) is 3.75. The minimum Gasteiger partial charge on any atom is -0.367 e. The minimum atomic E-state index is -0.563. The number of carbonyl (C=O) groups excluding carboxylic acids is 1. The Hall–Kier alpha value is -1.30. The van der Waals surface area contributed by atoms with E-state index in [1.807, 2.05) is 6.26 Å². The largest absolute Gasteiger partial charge is 0.367 e. The molecule has 0 aliphatic carbocycles. The molecular formula is C9H14N4OS. The van der Waals surface area contributed by atoms with Gasteiger partial charge in [-0.2, -0.15) is 11.8 Å². The molecule has 15 heavy (non-hydrogen) atoms. The molecule has 3 N–H and O–H groups in total. The molecule has 82 valence electrons. The third-order valence-electron chi connectivity index (χ3n) is 1.89.